The van der Waals surface area contributed by atoms with Gasteiger partial charge in [-0.15, -0.1) is 0 Å². The zero-order valence-corrected chi connectivity index (χ0v) is 9.61. The molecule has 0 atom stereocenters. The highest BCUT2D eigenvalue weighted by atomic mass is 32.2. The number of aryl methyl sites for hydroxylation is 1. The Labute approximate surface area is 92.0 Å². The fourth-order valence-corrected chi connectivity index (χ4v) is 2.45. The van der Waals surface area contributed by atoms with Crippen LogP contribution >= 0.6 is 0 Å². The predicted molar refractivity (Wildman–Crippen MR) is 53.9 cm³/mol. The zero-order valence-electron chi connectivity index (χ0n) is 8.80. The minimum atomic E-state index is -4.65. The number of rotatable bonds is 2. The van der Waals surface area contributed by atoms with E-state index >= 15 is 0 Å². The Morgan fingerprint density at radius 3 is 2.19 bits per heavy atom. The van der Waals surface area contributed by atoms with Gasteiger partial charge < -0.3 is 0 Å². The van der Waals surface area contributed by atoms with Crippen molar-refractivity contribution in [1.82, 2.24) is 0 Å². The topological polar surface area (TPSA) is 34.1 Å². The van der Waals surface area contributed by atoms with Crippen molar-refractivity contribution in [1.29, 1.82) is 0 Å². The molecular formula is C10H11F3O2S. The molecule has 0 N–H and O–H groups in total. The summed E-state index contributed by atoms with van der Waals surface area (Å²) in [7, 11) is -3.87. The van der Waals surface area contributed by atoms with Crippen LogP contribution in [0.15, 0.2) is 23.1 Å². The van der Waals surface area contributed by atoms with Crippen LogP contribution in [0.2, 0.25) is 0 Å². The second-order valence-electron chi connectivity index (χ2n) is 3.41. The van der Waals surface area contributed by atoms with Crippen LogP contribution in [0.25, 0.3) is 0 Å². The van der Waals surface area contributed by atoms with Gasteiger partial charge in [-0.3, -0.25) is 0 Å². The van der Waals surface area contributed by atoms with Gasteiger partial charge in [-0.1, -0.05) is 19.1 Å². The highest BCUT2D eigenvalue weighted by Gasteiger charge is 2.37. The normalized spacial score (nSPS) is 12.8. The van der Waals surface area contributed by atoms with E-state index in [0.717, 1.165) is 12.3 Å². The molecule has 1 rings (SSSR count). The van der Waals surface area contributed by atoms with Gasteiger partial charge in [0.15, 0.2) is 9.84 Å². The highest BCUT2D eigenvalue weighted by Crippen LogP contribution is 2.36. The summed E-state index contributed by atoms with van der Waals surface area (Å²) < 4.78 is 60.8. The number of hydrogen-bond acceptors (Lipinski definition) is 2. The number of benzene rings is 1. The average Bonchev–Trinajstić information content (AvgIpc) is 2.13. The third-order valence-electron chi connectivity index (χ3n) is 2.18. The largest absolute Gasteiger partial charge is 0.417 e. The van der Waals surface area contributed by atoms with Crippen molar-refractivity contribution >= 4 is 9.84 Å². The molecule has 2 nitrogen and oxygen atoms in total. The molecule has 0 fully saturated rings. The fourth-order valence-electron chi connectivity index (χ4n) is 1.50. The predicted octanol–water partition coefficient (Wildman–Crippen LogP) is 2.67. The number of halogens is 3. The average molecular weight is 252 g/mol. The van der Waals surface area contributed by atoms with Crippen LogP contribution in [0.4, 0.5) is 13.2 Å². The van der Waals surface area contributed by atoms with Crippen molar-refractivity contribution in [2.45, 2.75) is 24.4 Å². The second-order valence-corrected chi connectivity index (χ2v) is 5.40. The van der Waals surface area contributed by atoms with Gasteiger partial charge in [0.05, 0.1) is 10.5 Å². The molecule has 0 bridgehead atoms. The summed E-state index contributed by atoms with van der Waals surface area (Å²) in [6, 6.07) is 3.60. The van der Waals surface area contributed by atoms with Gasteiger partial charge in [-0.05, 0) is 18.1 Å². The van der Waals surface area contributed by atoms with Gasteiger partial charge in [0, 0.05) is 6.26 Å². The number of sulfone groups is 1. The van der Waals surface area contributed by atoms with Gasteiger partial charge in [0.1, 0.15) is 0 Å². The van der Waals surface area contributed by atoms with Crippen LogP contribution in [0.5, 0.6) is 0 Å². The zero-order chi connectivity index (χ0) is 12.6. The fraction of sp³-hybridized carbons (Fsp3) is 0.400. The van der Waals surface area contributed by atoms with Gasteiger partial charge in [0.2, 0.25) is 0 Å². The van der Waals surface area contributed by atoms with Crippen molar-refractivity contribution in [2.24, 2.45) is 0 Å². The Hall–Kier alpha value is -1.04. The van der Waals surface area contributed by atoms with Crippen LogP contribution in [-0.4, -0.2) is 14.7 Å². The van der Waals surface area contributed by atoms with E-state index in [0.29, 0.717) is 0 Å². The van der Waals surface area contributed by atoms with E-state index in [4.69, 9.17) is 0 Å². The molecule has 0 saturated carbocycles. The third kappa shape index (κ3) is 2.55. The Morgan fingerprint density at radius 1 is 1.25 bits per heavy atom. The summed E-state index contributed by atoms with van der Waals surface area (Å²) in [5.41, 5.74) is -1.05. The molecule has 0 aromatic heterocycles. The first-order chi connectivity index (χ1) is 7.18. The van der Waals surface area contributed by atoms with Crippen LogP contribution in [-0.2, 0) is 22.4 Å². The van der Waals surface area contributed by atoms with E-state index in [2.05, 4.69) is 0 Å². The quantitative estimate of drug-likeness (QED) is 0.811. The smallest absolute Gasteiger partial charge is 0.224 e. The lowest BCUT2D eigenvalue weighted by atomic mass is 10.1. The SMILES string of the molecule is CCc1cccc(S(C)(=O)=O)c1C(F)(F)F. The molecule has 6 heteroatoms. The lowest BCUT2D eigenvalue weighted by Gasteiger charge is -2.15. The first-order valence-corrected chi connectivity index (χ1v) is 6.46. The van der Waals surface area contributed by atoms with E-state index in [9.17, 15) is 21.6 Å². The molecule has 0 aliphatic heterocycles. The lowest BCUT2D eigenvalue weighted by molar-refractivity contribution is -0.140. The Kier molecular flexibility index (Phi) is 3.33. The van der Waals surface area contributed by atoms with E-state index < -0.39 is 26.5 Å². The standard InChI is InChI=1S/C10H11F3O2S/c1-3-7-5-4-6-8(16(2,14)15)9(7)10(11,12)13/h4-6H,3H2,1-2H3. The Bertz CT molecular complexity index is 489. The minimum absolute atomic E-state index is 0.00424. The molecule has 0 unspecified atom stereocenters. The van der Waals surface area contributed by atoms with Crippen molar-refractivity contribution in [3.05, 3.63) is 29.3 Å². The molecular weight excluding hydrogens is 241 g/mol. The van der Waals surface area contributed by atoms with Crippen molar-refractivity contribution in [3.63, 3.8) is 0 Å². The van der Waals surface area contributed by atoms with Gasteiger partial charge in [0.25, 0.3) is 0 Å². The molecule has 0 radical (unpaired) electrons. The summed E-state index contributed by atoms with van der Waals surface area (Å²) >= 11 is 0. The summed E-state index contributed by atoms with van der Waals surface area (Å²) in [5.74, 6) is 0. The Balaban J connectivity index is 3.64. The molecule has 0 saturated heterocycles. The summed E-state index contributed by atoms with van der Waals surface area (Å²) in [6.07, 6.45) is -3.74. The molecule has 1 aromatic carbocycles. The van der Waals surface area contributed by atoms with Gasteiger partial charge in [-0.25, -0.2) is 8.42 Å². The van der Waals surface area contributed by atoms with E-state index in [1.165, 1.54) is 12.1 Å². The number of alkyl halides is 3. The molecule has 0 aliphatic carbocycles. The molecule has 90 valence electrons. The summed E-state index contributed by atoms with van der Waals surface area (Å²) in [6.45, 7) is 1.55. The molecule has 0 aliphatic rings. The van der Waals surface area contributed by atoms with Crippen LogP contribution < -0.4 is 0 Å². The number of hydrogen-bond donors (Lipinski definition) is 0. The van der Waals surface area contributed by atoms with Crippen LogP contribution in [0.3, 0.4) is 0 Å². The van der Waals surface area contributed by atoms with Crippen molar-refractivity contribution in [2.75, 3.05) is 6.26 Å². The highest BCUT2D eigenvalue weighted by molar-refractivity contribution is 7.90. The molecule has 0 heterocycles. The molecule has 0 amide bonds. The summed E-state index contributed by atoms with van der Waals surface area (Å²) in [5, 5.41) is 0. The summed E-state index contributed by atoms with van der Waals surface area (Å²) in [4.78, 5) is -0.653. The maximum Gasteiger partial charge on any atom is 0.417 e. The van der Waals surface area contributed by atoms with Crippen LogP contribution in [0, 0.1) is 0 Å². The maximum atomic E-state index is 12.8. The first kappa shape index (κ1) is 13.0. The van der Waals surface area contributed by atoms with E-state index in [1.54, 1.807) is 6.92 Å². The minimum Gasteiger partial charge on any atom is -0.224 e. The van der Waals surface area contributed by atoms with Crippen molar-refractivity contribution in [3.8, 4) is 0 Å². The molecule has 1 aromatic rings. The molecule has 16 heavy (non-hydrogen) atoms. The lowest BCUT2D eigenvalue weighted by Crippen LogP contribution is -2.15. The van der Waals surface area contributed by atoms with Gasteiger partial charge in [-0.2, -0.15) is 13.2 Å². The van der Waals surface area contributed by atoms with Gasteiger partial charge >= 0.3 is 6.18 Å². The van der Waals surface area contributed by atoms with E-state index in [1.807, 2.05) is 0 Å². The second kappa shape index (κ2) is 4.08. The molecule has 0 spiro atoms. The van der Waals surface area contributed by atoms with Crippen LogP contribution in [0.1, 0.15) is 18.1 Å². The van der Waals surface area contributed by atoms with Crippen molar-refractivity contribution < 1.29 is 21.6 Å². The Morgan fingerprint density at radius 2 is 1.81 bits per heavy atom. The maximum absolute atomic E-state index is 12.8. The monoisotopic (exact) mass is 252 g/mol. The third-order valence-corrected chi connectivity index (χ3v) is 3.32. The first-order valence-electron chi connectivity index (χ1n) is 4.57. The van der Waals surface area contributed by atoms with E-state index in [-0.39, 0.29) is 12.0 Å².